The third-order valence-electron chi connectivity index (χ3n) is 5.71. The molecule has 1 amide bonds. The number of hydrogen-bond acceptors (Lipinski definition) is 4. The summed E-state index contributed by atoms with van der Waals surface area (Å²) in [6.45, 7) is 7.16. The van der Waals surface area contributed by atoms with E-state index in [1.807, 2.05) is 0 Å². The monoisotopic (exact) mass is 354 g/mol. The molecule has 25 heavy (non-hydrogen) atoms. The van der Waals surface area contributed by atoms with Crippen molar-refractivity contribution >= 4 is 11.9 Å². The SMILES string of the molecule is CC(=O)N(CC(=O)O)C1CCCN(CCOC2CCCCC2C)CC1. The molecule has 0 aromatic rings. The summed E-state index contributed by atoms with van der Waals surface area (Å²) in [6, 6.07) is 0.0397. The van der Waals surface area contributed by atoms with Crippen LogP contribution in [0.1, 0.15) is 58.8 Å². The quantitative estimate of drug-likeness (QED) is 0.760. The lowest BCUT2D eigenvalue weighted by atomic mass is 9.88. The molecule has 1 saturated carbocycles. The van der Waals surface area contributed by atoms with Gasteiger partial charge >= 0.3 is 5.97 Å². The summed E-state index contributed by atoms with van der Waals surface area (Å²) >= 11 is 0. The Morgan fingerprint density at radius 1 is 1.12 bits per heavy atom. The van der Waals surface area contributed by atoms with E-state index in [9.17, 15) is 9.59 Å². The molecule has 1 heterocycles. The second-order valence-corrected chi connectivity index (χ2v) is 7.64. The number of likely N-dealkylation sites (tertiary alicyclic amines) is 1. The van der Waals surface area contributed by atoms with Crippen LogP contribution in [-0.2, 0) is 14.3 Å². The number of ether oxygens (including phenoxy) is 1. The smallest absolute Gasteiger partial charge is 0.323 e. The van der Waals surface area contributed by atoms with Crippen molar-refractivity contribution < 1.29 is 19.4 Å². The van der Waals surface area contributed by atoms with E-state index in [2.05, 4.69) is 11.8 Å². The largest absolute Gasteiger partial charge is 0.480 e. The van der Waals surface area contributed by atoms with Crippen LogP contribution in [0, 0.1) is 5.92 Å². The lowest BCUT2D eigenvalue weighted by Gasteiger charge is -2.30. The van der Waals surface area contributed by atoms with Crippen molar-refractivity contribution in [1.29, 1.82) is 0 Å². The van der Waals surface area contributed by atoms with Crippen molar-refractivity contribution in [3.8, 4) is 0 Å². The molecule has 0 radical (unpaired) electrons. The van der Waals surface area contributed by atoms with Crippen LogP contribution in [0.3, 0.4) is 0 Å². The molecule has 0 bridgehead atoms. The number of hydrogen-bond donors (Lipinski definition) is 1. The zero-order chi connectivity index (χ0) is 18.2. The minimum absolute atomic E-state index is 0.0397. The van der Waals surface area contributed by atoms with Crippen molar-refractivity contribution in [2.75, 3.05) is 32.8 Å². The van der Waals surface area contributed by atoms with E-state index in [4.69, 9.17) is 9.84 Å². The Balaban J connectivity index is 1.74. The fraction of sp³-hybridized carbons (Fsp3) is 0.895. The summed E-state index contributed by atoms with van der Waals surface area (Å²) in [6.07, 6.45) is 8.21. The van der Waals surface area contributed by atoms with Crippen LogP contribution < -0.4 is 0 Å². The molecule has 0 aromatic carbocycles. The molecule has 1 saturated heterocycles. The molecule has 6 heteroatoms. The van der Waals surface area contributed by atoms with E-state index in [-0.39, 0.29) is 18.5 Å². The topological polar surface area (TPSA) is 70.1 Å². The number of carbonyl (C=O) groups excluding carboxylic acids is 1. The molecule has 2 aliphatic rings. The third-order valence-corrected chi connectivity index (χ3v) is 5.71. The maximum atomic E-state index is 11.8. The maximum absolute atomic E-state index is 11.8. The number of nitrogens with zero attached hydrogens (tertiary/aromatic N) is 2. The number of carboxylic acid groups (broad SMARTS) is 1. The Kier molecular flexibility index (Phi) is 8.16. The zero-order valence-corrected chi connectivity index (χ0v) is 15.8. The molecule has 1 aliphatic heterocycles. The molecule has 3 unspecified atom stereocenters. The summed E-state index contributed by atoms with van der Waals surface area (Å²) in [5, 5.41) is 9.03. The van der Waals surface area contributed by atoms with Crippen LogP contribution in [0.2, 0.25) is 0 Å². The van der Waals surface area contributed by atoms with Gasteiger partial charge in [-0.25, -0.2) is 0 Å². The molecule has 6 nitrogen and oxygen atoms in total. The van der Waals surface area contributed by atoms with E-state index in [1.54, 1.807) is 0 Å². The van der Waals surface area contributed by atoms with Gasteiger partial charge in [-0.15, -0.1) is 0 Å². The van der Waals surface area contributed by atoms with Crippen molar-refractivity contribution in [3.05, 3.63) is 0 Å². The molecule has 1 aliphatic carbocycles. The fourth-order valence-electron chi connectivity index (χ4n) is 4.18. The summed E-state index contributed by atoms with van der Waals surface area (Å²) in [7, 11) is 0. The normalized spacial score (nSPS) is 28.3. The Morgan fingerprint density at radius 3 is 2.56 bits per heavy atom. The molecular formula is C19H34N2O4. The molecule has 1 N–H and O–H groups in total. The van der Waals surface area contributed by atoms with Crippen molar-refractivity contribution in [2.24, 2.45) is 5.92 Å². The lowest BCUT2D eigenvalue weighted by molar-refractivity contribution is -0.145. The van der Waals surface area contributed by atoms with E-state index in [0.717, 1.165) is 45.5 Å². The summed E-state index contributed by atoms with van der Waals surface area (Å²) in [5.74, 6) is -0.413. The third kappa shape index (κ3) is 6.59. The van der Waals surface area contributed by atoms with Crippen LogP contribution in [0.25, 0.3) is 0 Å². The van der Waals surface area contributed by atoms with Gasteiger partial charge in [-0.2, -0.15) is 0 Å². The van der Waals surface area contributed by atoms with Crippen molar-refractivity contribution in [2.45, 2.75) is 70.9 Å². The molecule has 3 atom stereocenters. The first kappa shape index (κ1) is 20.2. The summed E-state index contributed by atoms with van der Waals surface area (Å²) in [5.41, 5.74) is 0. The van der Waals surface area contributed by atoms with Crippen molar-refractivity contribution in [1.82, 2.24) is 9.80 Å². The van der Waals surface area contributed by atoms with Gasteiger partial charge in [0.15, 0.2) is 0 Å². The number of carboxylic acids is 1. The van der Waals surface area contributed by atoms with Gasteiger partial charge in [-0.3, -0.25) is 9.59 Å². The first-order valence-electron chi connectivity index (χ1n) is 9.80. The molecule has 0 spiro atoms. The van der Waals surface area contributed by atoms with Gasteiger partial charge in [0.1, 0.15) is 6.54 Å². The Hall–Kier alpha value is -1.14. The van der Waals surface area contributed by atoms with E-state index in [1.165, 1.54) is 37.5 Å². The Morgan fingerprint density at radius 2 is 1.88 bits per heavy atom. The average molecular weight is 354 g/mol. The predicted molar refractivity (Wildman–Crippen MR) is 96.5 cm³/mol. The summed E-state index contributed by atoms with van der Waals surface area (Å²) in [4.78, 5) is 26.7. The zero-order valence-electron chi connectivity index (χ0n) is 15.8. The van der Waals surface area contributed by atoms with E-state index in [0.29, 0.717) is 12.0 Å². The van der Waals surface area contributed by atoms with Crippen LogP contribution in [-0.4, -0.2) is 71.7 Å². The van der Waals surface area contributed by atoms with Gasteiger partial charge in [0, 0.05) is 26.1 Å². The van der Waals surface area contributed by atoms with Gasteiger partial charge in [-0.05, 0) is 44.6 Å². The molecule has 144 valence electrons. The van der Waals surface area contributed by atoms with Crippen LogP contribution in [0.15, 0.2) is 0 Å². The molecule has 2 rings (SSSR count). The molecule has 0 aromatic heterocycles. The van der Waals surface area contributed by atoms with Crippen LogP contribution >= 0.6 is 0 Å². The minimum atomic E-state index is -0.939. The Labute approximate surface area is 151 Å². The Bertz CT molecular complexity index is 443. The minimum Gasteiger partial charge on any atom is -0.480 e. The molecule has 2 fully saturated rings. The first-order valence-corrected chi connectivity index (χ1v) is 9.80. The van der Waals surface area contributed by atoms with Crippen LogP contribution in [0.5, 0.6) is 0 Å². The summed E-state index contributed by atoms with van der Waals surface area (Å²) < 4.78 is 6.12. The van der Waals surface area contributed by atoms with E-state index >= 15 is 0 Å². The standard InChI is InChI=1S/C19H34N2O4/c1-15-6-3-4-8-18(15)25-13-12-20-10-5-7-17(9-11-20)21(16(2)22)14-19(23)24/h15,17-18H,3-14H2,1-2H3,(H,23,24). The number of amides is 1. The molecular weight excluding hydrogens is 320 g/mol. The highest BCUT2D eigenvalue weighted by Gasteiger charge is 2.26. The van der Waals surface area contributed by atoms with Gasteiger partial charge in [0.25, 0.3) is 0 Å². The van der Waals surface area contributed by atoms with E-state index < -0.39 is 5.97 Å². The fourth-order valence-corrected chi connectivity index (χ4v) is 4.18. The average Bonchev–Trinajstić information content (AvgIpc) is 2.79. The second kappa shape index (κ2) is 10.1. The van der Waals surface area contributed by atoms with Gasteiger partial charge < -0.3 is 19.6 Å². The number of rotatable bonds is 7. The first-order chi connectivity index (χ1) is 12.0. The van der Waals surface area contributed by atoms with Gasteiger partial charge in [0.05, 0.1) is 12.7 Å². The number of carbonyl (C=O) groups is 2. The maximum Gasteiger partial charge on any atom is 0.323 e. The predicted octanol–water partition coefficient (Wildman–Crippen LogP) is 2.37. The number of aliphatic carboxylic acids is 1. The highest BCUT2D eigenvalue weighted by Crippen LogP contribution is 2.26. The van der Waals surface area contributed by atoms with Gasteiger partial charge in [0.2, 0.25) is 5.91 Å². The highest BCUT2D eigenvalue weighted by atomic mass is 16.5. The van der Waals surface area contributed by atoms with Gasteiger partial charge in [-0.1, -0.05) is 19.8 Å². The van der Waals surface area contributed by atoms with Crippen LogP contribution in [0.4, 0.5) is 0 Å². The lowest BCUT2D eigenvalue weighted by Crippen LogP contribution is -2.43. The van der Waals surface area contributed by atoms with Crippen molar-refractivity contribution in [3.63, 3.8) is 0 Å². The second-order valence-electron chi connectivity index (χ2n) is 7.64. The highest BCUT2D eigenvalue weighted by molar-refractivity contribution is 5.79.